The predicted octanol–water partition coefficient (Wildman–Crippen LogP) is 2.28. The molecule has 5 nitrogen and oxygen atoms in total. The molecule has 1 fully saturated rings. The Morgan fingerprint density at radius 3 is 2.58 bits per heavy atom. The molecule has 0 aliphatic carbocycles. The van der Waals surface area contributed by atoms with Crippen molar-refractivity contribution in [2.45, 2.75) is 12.8 Å². The van der Waals surface area contributed by atoms with E-state index in [1.807, 2.05) is 0 Å². The molecule has 2 heterocycles. The summed E-state index contributed by atoms with van der Waals surface area (Å²) in [5.74, 6) is -1.53. The van der Waals surface area contributed by atoms with Crippen molar-refractivity contribution in [3.8, 4) is 0 Å². The van der Waals surface area contributed by atoms with Crippen LogP contribution in [0.1, 0.15) is 22.3 Å². The zero-order chi connectivity index (χ0) is 18.5. The molecule has 1 aliphatic rings. The van der Waals surface area contributed by atoms with Crippen molar-refractivity contribution >= 4 is 11.8 Å². The molecule has 136 valence electrons. The first-order valence-corrected chi connectivity index (χ1v) is 8.45. The Hall–Kier alpha value is -2.83. The smallest absolute Gasteiger partial charge is 0.257 e. The van der Waals surface area contributed by atoms with Crippen LogP contribution in [0.2, 0.25) is 0 Å². The number of carbonyl (C=O) groups is 2. The first-order valence-electron chi connectivity index (χ1n) is 8.45. The molecule has 1 saturated heterocycles. The Bertz CT molecular complexity index is 813. The number of halogens is 2. The van der Waals surface area contributed by atoms with Crippen LogP contribution in [-0.4, -0.2) is 52.8 Å². The molecule has 0 unspecified atom stereocenters. The topological polar surface area (TPSA) is 53.5 Å². The number of nitrogens with zero attached hydrogens (tertiary/aromatic N) is 3. The van der Waals surface area contributed by atoms with Crippen LogP contribution in [0.4, 0.5) is 8.78 Å². The first kappa shape index (κ1) is 18.0. The average Bonchev–Trinajstić information content (AvgIpc) is 2.88. The highest BCUT2D eigenvalue weighted by Gasteiger charge is 2.24. The number of rotatable bonds is 3. The number of hydrogen-bond donors (Lipinski definition) is 0. The van der Waals surface area contributed by atoms with Crippen LogP contribution in [0.5, 0.6) is 0 Å². The van der Waals surface area contributed by atoms with Crippen molar-refractivity contribution in [1.29, 1.82) is 0 Å². The molecule has 0 atom stereocenters. The fourth-order valence-corrected chi connectivity index (χ4v) is 3.02. The van der Waals surface area contributed by atoms with Gasteiger partial charge in [0, 0.05) is 32.4 Å². The largest absolute Gasteiger partial charge is 0.341 e. The van der Waals surface area contributed by atoms with Gasteiger partial charge in [-0.3, -0.25) is 14.6 Å². The zero-order valence-electron chi connectivity index (χ0n) is 14.2. The molecule has 2 aromatic rings. The van der Waals surface area contributed by atoms with Crippen molar-refractivity contribution in [3.05, 3.63) is 65.5 Å². The van der Waals surface area contributed by atoms with Gasteiger partial charge in [-0.15, -0.1) is 0 Å². The summed E-state index contributed by atoms with van der Waals surface area (Å²) in [7, 11) is 0. The number of carbonyl (C=O) groups excluding carboxylic acids is 2. The Morgan fingerprint density at radius 2 is 1.81 bits per heavy atom. The van der Waals surface area contributed by atoms with Crippen molar-refractivity contribution in [1.82, 2.24) is 14.8 Å². The van der Waals surface area contributed by atoms with Gasteiger partial charge >= 0.3 is 0 Å². The maximum atomic E-state index is 13.8. The molecule has 1 aliphatic heterocycles. The third-order valence-corrected chi connectivity index (χ3v) is 4.38. The van der Waals surface area contributed by atoms with Crippen LogP contribution in [-0.2, 0) is 11.2 Å². The number of amides is 2. The van der Waals surface area contributed by atoms with Gasteiger partial charge in [-0.05, 0) is 30.2 Å². The molecule has 0 spiro atoms. The summed E-state index contributed by atoms with van der Waals surface area (Å²) in [4.78, 5) is 31.8. The highest BCUT2D eigenvalue weighted by molar-refractivity contribution is 5.94. The van der Waals surface area contributed by atoms with Crippen LogP contribution in [0.3, 0.4) is 0 Å². The van der Waals surface area contributed by atoms with Gasteiger partial charge in [0.1, 0.15) is 5.82 Å². The highest BCUT2D eigenvalue weighted by Crippen LogP contribution is 2.13. The molecule has 3 rings (SSSR count). The van der Waals surface area contributed by atoms with Crippen molar-refractivity contribution in [3.63, 3.8) is 0 Å². The van der Waals surface area contributed by atoms with Gasteiger partial charge in [0.25, 0.3) is 5.91 Å². The molecule has 0 N–H and O–H groups in total. The Labute approximate surface area is 150 Å². The van der Waals surface area contributed by atoms with E-state index in [0.717, 1.165) is 6.20 Å². The highest BCUT2D eigenvalue weighted by atomic mass is 19.1. The second-order valence-corrected chi connectivity index (χ2v) is 6.19. The second-order valence-electron chi connectivity index (χ2n) is 6.19. The van der Waals surface area contributed by atoms with Crippen molar-refractivity contribution < 1.29 is 18.4 Å². The fraction of sp³-hybridized carbons (Fsp3) is 0.316. The van der Waals surface area contributed by atoms with E-state index >= 15 is 0 Å². The molecule has 1 aromatic carbocycles. The van der Waals surface area contributed by atoms with Gasteiger partial charge in [-0.1, -0.05) is 12.1 Å². The molecule has 26 heavy (non-hydrogen) atoms. The third-order valence-electron chi connectivity index (χ3n) is 4.38. The van der Waals surface area contributed by atoms with E-state index < -0.39 is 11.7 Å². The van der Waals surface area contributed by atoms with E-state index in [4.69, 9.17) is 0 Å². The summed E-state index contributed by atoms with van der Waals surface area (Å²) >= 11 is 0. The first-order chi connectivity index (χ1) is 12.5. The number of pyridine rings is 1. The van der Waals surface area contributed by atoms with Crippen LogP contribution in [0, 0.1) is 11.6 Å². The Morgan fingerprint density at radius 1 is 1.04 bits per heavy atom. The minimum Gasteiger partial charge on any atom is -0.341 e. The van der Waals surface area contributed by atoms with E-state index in [0.29, 0.717) is 38.2 Å². The van der Waals surface area contributed by atoms with Gasteiger partial charge in [-0.2, -0.15) is 0 Å². The molecule has 7 heteroatoms. The zero-order valence-corrected chi connectivity index (χ0v) is 14.2. The van der Waals surface area contributed by atoms with E-state index in [1.54, 1.807) is 21.9 Å². The van der Waals surface area contributed by atoms with Crippen LogP contribution in [0.15, 0.2) is 42.7 Å². The lowest BCUT2D eigenvalue weighted by molar-refractivity contribution is -0.130. The summed E-state index contributed by atoms with van der Waals surface area (Å²) in [6.07, 6.45) is 3.11. The quantitative estimate of drug-likeness (QED) is 0.845. The second kappa shape index (κ2) is 8.03. The summed E-state index contributed by atoms with van der Waals surface area (Å²) < 4.78 is 27.0. The van der Waals surface area contributed by atoms with E-state index in [9.17, 15) is 18.4 Å². The van der Waals surface area contributed by atoms with Gasteiger partial charge in [0.05, 0.1) is 18.2 Å². The van der Waals surface area contributed by atoms with Crippen molar-refractivity contribution in [2.75, 3.05) is 26.2 Å². The molecule has 0 radical (unpaired) electrons. The van der Waals surface area contributed by atoms with Gasteiger partial charge in [0.2, 0.25) is 5.91 Å². The molecular weight excluding hydrogens is 340 g/mol. The van der Waals surface area contributed by atoms with E-state index in [1.165, 1.54) is 24.4 Å². The molecule has 2 amide bonds. The minimum atomic E-state index is -0.652. The Balaban J connectivity index is 1.62. The maximum absolute atomic E-state index is 13.8. The van der Waals surface area contributed by atoms with Crippen LogP contribution in [0.25, 0.3) is 0 Å². The Kier molecular flexibility index (Phi) is 5.55. The third kappa shape index (κ3) is 4.22. The number of benzene rings is 1. The summed E-state index contributed by atoms with van der Waals surface area (Å²) in [6.45, 7) is 1.66. The predicted molar refractivity (Wildman–Crippen MR) is 91.4 cm³/mol. The lowest BCUT2D eigenvalue weighted by Crippen LogP contribution is -2.38. The van der Waals surface area contributed by atoms with E-state index in [-0.39, 0.29) is 23.7 Å². The standard InChI is InChI=1S/C19H19F2N3O2/c20-15-4-1-3-14(11-15)12-18(25)23-7-2-8-24(10-9-23)19(26)16-5-6-22-13-17(16)21/h1,3-6,11,13H,2,7-10,12H2. The van der Waals surface area contributed by atoms with Gasteiger partial charge < -0.3 is 9.80 Å². The maximum Gasteiger partial charge on any atom is 0.257 e. The monoisotopic (exact) mass is 359 g/mol. The van der Waals surface area contributed by atoms with Crippen LogP contribution < -0.4 is 0 Å². The van der Waals surface area contributed by atoms with Crippen molar-refractivity contribution in [2.24, 2.45) is 0 Å². The lowest BCUT2D eigenvalue weighted by atomic mass is 10.1. The SMILES string of the molecule is O=C(Cc1cccc(F)c1)N1CCCN(C(=O)c2ccncc2F)CC1. The molecule has 0 saturated carbocycles. The summed E-state index contributed by atoms with van der Waals surface area (Å²) in [5, 5.41) is 0. The average molecular weight is 359 g/mol. The summed E-state index contributed by atoms with van der Waals surface area (Å²) in [5.41, 5.74) is 0.602. The normalized spacial score (nSPS) is 14.8. The minimum absolute atomic E-state index is 0.0143. The number of hydrogen-bond acceptors (Lipinski definition) is 3. The van der Waals surface area contributed by atoms with Gasteiger partial charge in [-0.25, -0.2) is 8.78 Å². The lowest BCUT2D eigenvalue weighted by Gasteiger charge is -2.22. The number of aromatic nitrogens is 1. The fourth-order valence-electron chi connectivity index (χ4n) is 3.02. The molecule has 0 bridgehead atoms. The molecular formula is C19H19F2N3O2. The molecule has 1 aromatic heterocycles. The van der Waals surface area contributed by atoms with Gasteiger partial charge in [0.15, 0.2) is 5.82 Å². The van der Waals surface area contributed by atoms with Crippen LogP contribution >= 0.6 is 0 Å². The van der Waals surface area contributed by atoms with E-state index in [2.05, 4.69) is 4.98 Å². The summed E-state index contributed by atoms with van der Waals surface area (Å²) in [6, 6.07) is 7.32.